The minimum absolute atomic E-state index is 0.149. The van der Waals surface area contributed by atoms with Crippen LogP contribution in [0.25, 0.3) is 21.3 Å². The van der Waals surface area contributed by atoms with Gasteiger partial charge in [0.2, 0.25) is 0 Å². The fourth-order valence-corrected chi connectivity index (χ4v) is 3.49. The molecular weight excluding hydrogens is 351 g/mol. The van der Waals surface area contributed by atoms with Gasteiger partial charge in [-0.2, -0.15) is 5.10 Å². The predicted octanol–water partition coefficient (Wildman–Crippen LogP) is 4.34. The SMILES string of the molecule is O=c1c2ccccc2c(-c2cccs2)nn1CCOc1ccc(F)cc1. The van der Waals surface area contributed by atoms with Crippen molar-refractivity contribution in [3.63, 3.8) is 0 Å². The summed E-state index contributed by atoms with van der Waals surface area (Å²) in [5.74, 6) is 0.240. The van der Waals surface area contributed by atoms with Gasteiger partial charge in [0.25, 0.3) is 5.56 Å². The van der Waals surface area contributed by atoms with Crippen LogP contribution in [0, 0.1) is 5.82 Å². The topological polar surface area (TPSA) is 44.1 Å². The van der Waals surface area contributed by atoms with Crippen molar-refractivity contribution >= 4 is 22.1 Å². The summed E-state index contributed by atoms with van der Waals surface area (Å²) in [6.07, 6.45) is 0. The highest BCUT2D eigenvalue weighted by atomic mass is 32.1. The summed E-state index contributed by atoms with van der Waals surface area (Å²) >= 11 is 1.58. The number of rotatable bonds is 5. The minimum Gasteiger partial charge on any atom is -0.492 e. The second-order valence-corrected chi connectivity index (χ2v) is 6.65. The largest absolute Gasteiger partial charge is 0.492 e. The van der Waals surface area contributed by atoms with Crippen LogP contribution >= 0.6 is 11.3 Å². The Morgan fingerprint density at radius 1 is 1.00 bits per heavy atom. The van der Waals surface area contributed by atoms with Crippen molar-refractivity contribution in [2.24, 2.45) is 0 Å². The molecule has 2 heterocycles. The van der Waals surface area contributed by atoms with Crippen molar-refractivity contribution in [2.45, 2.75) is 6.54 Å². The van der Waals surface area contributed by atoms with Crippen LogP contribution in [0.3, 0.4) is 0 Å². The number of nitrogens with zero attached hydrogens (tertiary/aromatic N) is 2. The molecule has 4 aromatic rings. The lowest BCUT2D eigenvalue weighted by atomic mass is 10.1. The molecule has 0 atom stereocenters. The van der Waals surface area contributed by atoms with Crippen molar-refractivity contribution in [1.29, 1.82) is 0 Å². The lowest BCUT2D eigenvalue weighted by molar-refractivity contribution is 0.288. The van der Waals surface area contributed by atoms with E-state index in [-0.39, 0.29) is 18.0 Å². The normalized spacial score (nSPS) is 11.0. The first-order valence-electron chi connectivity index (χ1n) is 8.14. The third-order valence-electron chi connectivity index (χ3n) is 4.01. The van der Waals surface area contributed by atoms with Crippen LogP contribution < -0.4 is 10.3 Å². The molecule has 0 fully saturated rings. The summed E-state index contributed by atoms with van der Waals surface area (Å²) < 4.78 is 20.0. The van der Waals surface area contributed by atoms with Crippen molar-refractivity contribution < 1.29 is 9.13 Å². The standard InChI is InChI=1S/C20H15FN2O2S/c21-14-7-9-15(10-8-14)25-12-11-23-20(24)17-5-2-1-4-16(17)19(22-23)18-6-3-13-26-18/h1-10,13H,11-12H2. The molecule has 0 saturated carbocycles. The molecule has 0 N–H and O–H groups in total. The average Bonchev–Trinajstić information content (AvgIpc) is 3.20. The summed E-state index contributed by atoms with van der Waals surface area (Å²) in [6.45, 7) is 0.570. The van der Waals surface area contributed by atoms with E-state index >= 15 is 0 Å². The zero-order chi connectivity index (χ0) is 17.9. The summed E-state index contributed by atoms with van der Waals surface area (Å²) in [5, 5.41) is 8.02. The Morgan fingerprint density at radius 2 is 1.77 bits per heavy atom. The molecule has 0 aliphatic heterocycles. The highest BCUT2D eigenvalue weighted by Crippen LogP contribution is 2.28. The van der Waals surface area contributed by atoms with E-state index in [1.165, 1.54) is 16.8 Å². The molecule has 2 aromatic heterocycles. The van der Waals surface area contributed by atoms with Crippen molar-refractivity contribution in [3.8, 4) is 16.3 Å². The van der Waals surface area contributed by atoms with Gasteiger partial charge in [-0.3, -0.25) is 4.79 Å². The molecule has 0 aliphatic carbocycles. The lowest BCUT2D eigenvalue weighted by Gasteiger charge is -2.11. The van der Waals surface area contributed by atoms with Gasteiger partial charge in [-0.1, -0.05) is 24.3 Å². The quantitative estimate of drug-likeness (QED) is 0.528. The average molecular weight is 366 g/mol. The first kappa shape index (κ1) is 16.5. The molecule has 0 radical (unpaired) electrons. The molecule has 130 valence electrons. The van der Waals surface area contributed by atoms with Crippen LogP contribution in [0.2, 0.25) is 0 Å². The van der Waals surface area contributed by atoms with Gasteiger partial charge in [0.1, 0.15) is 23.9 Å². The number of fused-ring (bicyclic) bond motifs is 1. The van der Waals surface area contributed by atoms with E-state index in [0.29, 0.717) is 17.7 Å². The lowest BCUT2D eigenvalue weighted by Crippen LogP contribution is -2.26. The Bertz CT molecular complexity index is 1090. The number of ether oxygens (including phenoxy) is 1. The van der Waals surface area contributed by atoms with Crippen molar-refractivity contribution in [2.75, 3.05) is 6.61 Å². The number of thiophene rings is 1. The molecule has 0 bridgehead atoms. The summed E-state index contributed by atoms with van der Waals surface area (Å²) in [7, 11) is 0. The Kier molecular flexibility index (Phi) is 4.50. The third-order valence-corrected chi connectivity index (χ3v) is 4.88. The maximum atomic E-state index is 12.9. The number of hydrogen-bond donors (Lipinski definition) is 0. The van der Waals surface area contributed by atoms with E-state index in [4.69, 9.17) is 4.74 Å². The van der Waals surface area contributed by atoms with E-state index in [1.54, 1.807) is 23.5 Å². The van der Waals surface area contributed by atoms with Gasteiger partial charge in [-0.15, -0.1) is 11.3 Å². The maximum Gasteiger partial charge on any atom is 0.274 e. The summed E-state index contributed by atoms with van der Waals surface area (Å²) in [5.41, 5.74) is 0.639. The van der Waals surface area contributed by atoms with E-state index in [2.05, 4.69) is 5.10 Å². The van der Waals surface area contributed by atoms with Gasteiger partial charge in [0.15, 0.2) is 0 Å². The van der Waals surface area contributed by atoms with Crippen LogP contribution in [0.5, 0.6) is 5.75 Å². The Morgan fingerprint density at radius 3 is 2.50 bits per heavy atom. The first-order chi connectivity index (χ1) is 12.7. The summed E-state index contributed by atoms with van der Waals surface area (Å²) in [4.78, 5) is 13.7. The molecule has 4 nitrogen and oxygen atoms in total. The molecule has 2 aromatic carbocycles. The van der Waals surface area contributed by atoms with Gasteiger partial charge in [0.05, 0.1) is 16.8 Å². The van der Waals surface area contributed by atoms with Gasteiger partial charge in [-0.25, -0.2) is 9.07 Å². The molecule has 26 heavy (non-hydrogen) atoms. The van der Waals surface area contributed by atoms with Gasteiger partial charge in [0, 0.05) is 5.39 Å². The predicted molar refractivity (Wildman–Crippen MR) is 101 cm³/mol. The Hall–Kier alpha value is -2.99. The van der Waals surface area contributed by atoms with E-state index in [9.17, 15) is 9.18 Å². The minimum atomic E-state index is -0.314. The van der Waals surface area contributed by atoms with Crippen LogP contribution in [0.4, 0.5) is 4.39 Å². The van der Waals surface area contributed by atoms with E-state index in [1.807, 2.05) is 41.8 Å². The van der Waals surface area contributed by atoms with Crippen molar-refractivity contribution in [3.05, 3.63) is 82.2 Å². The Balaban J connectivity index is 1.65. The second-order valence-electron chi connectivity index (χ2n) is 5.70. The van der Waals surface area contributed by atoms with Crippen molar-refractivity contribution in [1.82, 2.24) is 9.78 Å². The molecule has 0 unspecified atom stereocenters. The number of halogens is 1. The van der Waals surface area contributed by atoms with E-state index < -0.39 is 0 Å². The maximum absolute atomic E-state index is 12.9. The smallest absolute Gasteiger partial charge is 0.274 e. The number of hydrogen-bond acceptors (Lipinski definition) is 4. The highest BCUT2D eigenvalue weighted by Gasteiger charge is 2.12. The molecule has 0 spiro atoms. The highest BCUT2D eigenvalue weighted by molar-refractivity contribution is 7.13. The fraction of sp³-hybridized carbons (Fsp3) is 0.100. The Labute approximate surface area is 153 Å². The first-order valence-corrected chi connectivity index (χ1v) is 9.02. The molecule has 4 rings (SSSR count). The van der Waals surface area contributed by atoms with E-state index in [0.717, 1.165) is 16.0 Å². The molecule has 0 saturated heterocycles. The molecule has 6 heteroatoms. The van der Waals surface area contributed by atoms with Crippen LogP contribution in [-0.4, -0.2) is 16.4 Å². The second kappa shape index (κ2) is 7.09. The molecular formula is C20H15FN2O2S. The van der Waals surface area contributed by atoms with Gasteiger partial charge in [-0.05, 0) is 41.8 Å². The number of aromatic nitrogens is 2. The zero-order valence-corrected chi connectivity index (χ0v) is 14.6. The van der Waals surface area contributed by atoms with Gasteiger partial charge >= 0.3 is 0 Å². The summed E-state index contributed by atoms with van der Waals surface area (Å²) in [6, 6.07) is 17.2. The molecule has 0 aliphatic rings. The third kappa shape index (κ3) is 3.23. The zero-order valence-electron chi connectivity index (χ0n) is 13.8. The molecule has 0 amide bonds. The fourth-order valence-electron chi connectivity index (χ4n) is 2.76. The number of benzene rings is 2. The monoisotopic (exact) mass is 366 g/mol. The van der Waals surface area contributed by atoms with Gasteiger partial charge < -0.3 is 4.74 Å². The van der Waals surface area contributed by atoms with Crippen LogP contribution in [0.15, 0.2) is 70.8 Å². The van der Waals surface area contributed by atoms with Crippen LogP contribution in [-0.2, 0) is 6.54 Å². The van der Waals surface area contributed by atoms with Crippen LogP contribution in [0.1, 0.15) is 0 Å².